The molecule has 0 amide bonds. The van der Waals surface area contributed by atoms with Crippen LogP contribution in [-0.4, -0.2) is 25.3 Å². The molecule has 22 heavy (non-hydrogen) atoms. The summed E-state index contributed by atoms with van der Waals surface area (Å²) in [5.41, 5.74) is 0.667. The third-order valence-electron chi connectivity index (χ3n) is 3.77. The van der Waals surface area contributed by atoms with E-state index < -0.39 is 29.9 Å². The number of esters is 2. The second-order valence-corrected chi connectivity index (χ2v) is 5.01. The minimum absolute atomic E-state index is 0.153. The Labute approximate surface area is 127 Å². The number of benzene rings is 1. The molecule has 0 spiro atoms. The molecule has 0 radical (unpaired) electrons. The van der Waals surface area contributed by atoms with Crippen molar-refractivity contribution in [2.24, 2.45) is 11.8 Å². The summed E-state index contributed by atoms with van der Waals surface area (Å²) in [7, 11) is 0. The predicted molar refractivity (Wildman–Crippen MR) is 75.2 cm³/mol. The summed E-state index contributed by atoms with van der Waals surface area (Å²) in [4.78, 5) is 24.2. The standard InChI is InChI=1S/C16H16O6/c1-3-10-13(16(18)19-4-2)14(22-15(10)17)9-5-6-11-12(7-9)21-8-20-11/h3,5-7,10,13-14H,1,4,8H2,2H3/t10-,13-,14+/m1/s1. The zero-order valence-corrected chi connectivity index (χ0v) is 12.1. The summed E-state index contributed by atoms with van der Waals surface area (Å²) in [6, 6.07) is 5.20. The van der Waals surface area contributed by atoms with Crippen LogP contribution in [-0.2, 0) is 19.1 Å². The number of hydrogen-bond donors (Lipinski definition) is 0. The Morgan fingerprint density at radius 1 is 1.41 bits per heavy atom. The third-order valence-corrected chi connectivity index (χ3v) is 3.77. The van der Waals surface area contributed by atoms with Crippen LogP contribution in [0.4, 0.5) is 0 Å². The molecule has 0 bridgehead atoms. The lowest BCUT2D eigenvalue weighted by molar-refractivity contribution is -0.150. The van der Waals surface area contributed by atoms with Gasteiger partial charge in [-0.15, -0.1) is 6.58 Å². The Morgan fingerprint density at radius 3 is 2.91 bits per heavy atom. The molecule has 1 fully saturated rings. The van der Waals surface area contributed by atoms with Gasteiger partial charge in [-0.3, -0.25) is 9.59 Å². The molecular formula is C16H16O6. The normalized spacial score (nSPS) is 25.7. The fourth-order valence-electron chi connectivity index (χ4n) is 2.73. The average Bonchev–Trinajstić information content (AvgIpc) is 3.10. The molecule has 2 aliphatic rings. The first-order chi connectivity index (χ1) is 10.7. The molecule has 0 N–H and O–H groups in total. The Hall–Kier alpha value is -2.50. The van der Waals surface area contributed by atoms with Crippen LogP contribution in [0, 0.1) is 11.8 Å². The van der Waals surface area contributed by atoms with E-state index in [9.17, 15) is 9.59 Å². The van der Waals surface area contributed by atoms with E-state index >= 15 is 0 Å². The fraction of sp³-hybridized carbons (Fsp3) is 0.375. The maximum atomic E-state index is 12.2. The van der Waals surface area contributed by atoms with E-state index in [-0.39, 0.29) is 13.4 Å². The highest BCUT2D eigenvalue weighted by molar-refractivity contribution is 5.87. The lowest BCUT2D eigenvalue weighted by atomic mass is 9.87. The highest BCUT2D eigenvalue weighted by Gasteiger charge is 2.49. The van der Waals surface area contributed by atoms with E-state index in [1.165, 1.54) is 6.08 Å². The molecule has 2 heterocycles. The van der Waals surface area contributed by atoms with Gasteiger partial charge in [0.25, 0.3) is 0 Å². The SMILES string of the molecule is C=C[C@H]1C(=O)O[C@@H](c2ccc3c(c2)OCO3)[C@@H]1C(=O)OCC. The van der Waals surface area contributed by atoms with Crippen molar-refractivity contribution in [3.8, 4) is 11.5 Å². The lowest BCUT2D eigenvalue weighted by Gasteiger charge is -2.18. The van der Waals surface area contributed by atoms with Gasteiger partial charge in [-0.1, -0.05) is 12.1 Å². The second-order valence-electron chi connectivity index (χ2n) is 5.01. The quantitative estimate of drug-likeness (QED) is 0.626. The van der Waals surface area contributed by atoms with Crippen molar-refractivity contribution >= 4 is 11.9 Å². The van der Waals surface area contributed by atoms with Crippen molar-refractivity contribution in [3.05, 3.63) is 36.4 Å². The van der Waals surface area contributed by atoms with Crippen LogP contribution in [0.3, 0.4) is 0 Å². The number of ether oxygens (including phenoxy) is 4. The van der Waals surface area contributed by atoms with E-state index in [1.807, 2.05) is 0 Å². The molecule has 0 unspecified atom stereocenters. The van der Waals surface area contributed by atoms with Gasteiger partial charge in [0.15, 0.2) is 11.5 Å². The van der Waals surface area contributed by atoms with Crippen molar-refractivity contribution in [1.82, 2.24) is 0 Å². The number of cyclic esters (lactones) is 1. The largest absolute Gasteiger partial charge is 0.466 e. The van der Waals surface area contributed by atoms with E-state index in [4.69, 9.17) is 18.9 Å². The predicted octanol–water partition coefficient (Wildman–Crippen LogP) is 1.99. The smallest absolute Gasteiger partial charge is 0.314 e. The van der Waals surface area contributed by atoms with Crippen LogP contribution in [0.5, 0.6) is 11.5 Å². The molecule has 0 aliphatic carbocycles. The molecule has 6 heteroatoms. The Morgan fingerprint density at radius 2 is 2.18 bits per heavy atom. The monoisotopic (exact) mass is 304 g/mol. The van der Waals surface area contributed by atoms with Crippen LogP contribution >= 0.6 is 0 Å². The number of hydrogen-bond acceptors (Lipinski definition) is 6. The van der Waals surface area contributed by atoms with Crippen molar-refractivity contribution < 1.29 is 28.5 Å². The maximum Gasteiger partial charge on any atom is 0.314 e. The molecule has 0 aromatic heterocycles. The van der Waals surface area contributed by atoms with E-state index in [2.05, 4.69) is 6.58 Å². The third kappa shape index (κ3) is 2.30. The van der Waals surface area contributed by atoms with E-state index in [1.54, 1.807) is 25.1 Å². The van der Waals surface area contributed by atoms with Crippen molar-refractivity contribution in [2.75, 3.05) is 13.4 Å². The van der Waals surface area contributed by atoms with E-state index in [0.29, 0.717) is 17.1 Å². The molecule has 1 aromatic rings. The van der Waals surface area contributed by atoms with Gasteiger partial charge in [-0.05, 0) is 24.6 Å². The molecule has 1 aromatic carbocycles. The highest BCUT2D eigenvalue weighted by Crippen LogP contribution is 2.43. The summed E-state index contributed by atoms with van der Waals surface area (Å²) in [5.74, 6) is -1.21. The Kier molecular flexibility index (Phi) is 3.75. The first-order valence-electron chi connectivity index (χ1n) is 7.05. The number of carbonyl (C=O) groups excluding carboxylic acids is 2. The van der Waals surface area contributed by atoms with Crippen molar-refractivity contribution in [1.29, 1.82) is 0 Å². The number of rotatable bonds is 4. The minimum atomic E-state index is -0.745. The minimum Gasteiger partial charge on any atom is -0.466 e. The first-order valence-corrected chi connectivity index (χ1v) is 7.05. The summed E-state index contributed by atoms with van der Waals surface area (Å²) in [6.45, 7) is 5.72. The Balaban J connectivity index is 1.95. The fourth-order valence-corrected chi connectivity index (χ4v) is 2.73. The second kappa shape index (κ2) is 5.71. The number of carbonyl (C=O) groups is 2. The molecule has 6 nitrogen and oxygen atoms in total. The average molecular weight is 304 g/mol. The molecular weight excluding hydrogens is 288 g/mol. The molecule has 116 valence electrons. The van der Waals surface area contributed by atoms with Crippen molar-refractivity contribution in [3.63, 3.8) is 0 Å². The topological polar surface area (TPSA) is 71.1 Å². The van der Waals surface area contributed by atoms with Gasteiger partial charge in [0, 0.05) is 0 Å². The van der Waals surface area contributed by atoms with Gasteiger partial charge < -0.3 is 18.9 Å². The van der Waals surface area contributed by atoms with Crippen LogP contribution < -0.4 is 9.47 Å². The maximum absolute atomic E-state index is 12.2. The molecule has 2 aliphatic heterocycles. The molecule has 3 atom stereocenters. The Bertz CT molecular complexity index is 623. The highest BCUT2D eigenvalue weighted by atomic mass is 16.7. The zero-order chi connectivity index (χ0) is 15.7. The molecule has 0 saturated carbocycles. The van der Waals surface area contributed by atoms with Gasteiger partial charge >= 0.3 is 11.9 Å². The summed E-state index contributed by atoms with van der Waals surface area (Å²) in [6.07, 6.45) is 0.709. The van der Waals surface area contributed by atoms with Crippen molar-refractivity contribution in [2.45, 2.75) is 13.0 Å². The van der Waals surface area contributed by atoms with Crippen LogP contribution in [0.1, 0.15) is 18.6 Å². The molecule has 1 saturated heterocycles. The summed E-state index contributed by atoms with van der Waals surface area (Å²) in [5, 5.41) is 0. The zero-order valence-electron chi connectivity index (χ0n) is 12.1. The van der Waals surface area contributed by atoms with Gasteiger partial charge in [-0.25, -0.2) is 0 Å². The van der Waals surface area contributed by atoms with Gasteiger partial charge in [0.2, 0.25) is 6.79 Å². The van der Waals surface area contributed by atoms with Gasteiger partial charge in [-0.2, -0.15) is 0 Å². The van der Waals surface area contributed by atoms with Gasteiger partial charge in [0.05, 0.1) is 12.5 Å². The van der Waals surface area contributed by atoms with Crippen LogP contribution in [0.25, 0.3) is 0 Å². The van der Waals surface area contributed by atoms with E-state index in [0.717, 1.165) is 0 Å². The summed E-state index contributed by atoms with van der Waals surface area (Å²) >= 11 is 0. The first kappa shape index (κ1) is 14.4. The number of fused-ring (bicyclic) bond motifs is 1. The lowest BCUT2D eigenvalue weighted by Crippen LogP contribution is -2.26. The van der Waals surface area contributed by atoms with Crippen LogP contribution in [0.2, 0.25) is 0 Å². The van der Waals surface area contributed by atoms with Crippen LogP contribution in [0.15, 0.2) is 30.9 Å². The molecule has 3 rings (SSSR count). The summed E-state index contributed by atoms with van der Waals surface area (Å²) < 4.78 is 21.0. The van der Waals surface area contributed by atoms with Gasteiger partial charge in [0.1, 0.15) is 12.0 Å².